The molecule has 8 heteroatoms. The zero-order chi connectivity index (χ0) is 15.9. The number of thioether (sulfide) groups is 1. The second-order valence-corrected chi connectivity index (χ2v) is 5.26. The Morgan fingerprint density at radius 2 is 2.45 bits per heavy atom. The summed E-state index contributed by atoms with van der Waals surface area (Å²) in [5, 5.41) is 14.0. The van der Waals surface area contributed by atoms with Crippen LogP contribution in [0.3, 0.4) is 0 Å². The summed E-state index contributed by atoms with van der Waals surface area (Å²) in [6, 6.07) is 1.63. The molecule has 3 N–H and O–H groups in total. The van der Waals surface area contributed by atoms with Gasteiger partial charge in [0, 0.05) is 24.0 Å². The Bertz CT molecular complexity index is 756. The lowest BCUT2D eigenvalue weighted by molar-refractivity contribution is 0.296. The monoisotopic (exact) mass is 319 g/mol. The number of rotatable bonds is 7. The molecule has 2 aromatic rings. The molecule has 22 heavy (non-hydrogen) atoms. The quantitative estimate of drug-likeness (QED) is 0.398. The molecule has 0 radical (unpaired) electrons. The summed E-state index contributed by atoms with van der Waals surface area (Å²) in [7, 11) is 0. The van der Waals surface area contributed by atoms with Gasteiger partial charge >= 0.3 is 0 Å². The standard InChI is InChI=1S/C14H17N5O2S/c1-9-18-12-10(14(21)19-9)3-4-17-13(12)11(15-2)7-22-8-16-5-6-20/h3-4,7,16,20H,2,5-6,8H2,1H3,(H,18,19,21)/b11-7-. The number of aliphatic hydroxyl groups is 1. The van der Waals surface area contributed by atoms with Crippen molar-refractivity contribution in [2.24, 2.45) is 4.99 Å². The molecule has 116 valence electrons. The molecule has 0 atom stereocenters. The molecular weight excluding hydrogens is 302 g/mol. The van der Waals surface area contributed by atoms with E-state index in [9.17, 15) is 4.79 Å². The van der Waals surface area contributed by atoms with Crippen LogP contribution in [0.5, 0.6) is 0 Å². The first kappa shape index (κ1) is 16.3. The maximum Gasteiger partial charge on any atom is 0.258 e. The lowest BCUT2D eigenvalue weighted by atomic mass is 10.2. The van der Waals surface area contributed by atoms with Crippen LogP contribution in [-0.4, -0.2) is 45.8 Å². The molecule has 2 aromatic heterocycles. The number of fused-ring (bicyclic) bond motifs is 1. The first-order valence-corrected chi connectivity index (χ1v) is 7.68. The van der Waals surface area contributed by atoms with E-state index in [2.05, 4.69) is 32.0 Å². The van der Waals surface area contributed by atoms with Crippen molar-refractivity contribution >= 4 is 35.1 Å². The van der Waals surface area contributed by atoms with Crippen LogP contribution < -0.4 is 10.9 Å². The van der Waals surface area contributed by atoms with E-state index in [0.29, 0.717) is 40.5 Å². The second-order valence-electron chi connectivity index (χ2n) is 4.40. The average molecular weight is 319 g/mol. The minimum atomic E-state index is -0.202. The molecule has 0 aromatic carbocycles. The van der Waals surface area contributed by atoms with Crippen LogP contribution in [0.1, 0.15) is 11.5 Å². The molecule has 0 aliphatic heterocycles. The van der Waals surface area contributed by atoms with Gasteiger partial charge in [-0.3, -0.25) is 14.8 Å². The number of aryl methyl sites for hydroxylation is 1. The van der Waals surface area contributed by atoms with E-state index in [1.54, 1.807) is 24.6 Å². The van der Waals surface area contributed by atoms with Crippen LogP contribution in [-0.2, 0) is 0 Å². The number of aromatic amines is 1. The fourth-order valence-electron chi connectivity index (χ4n) is 1.86. The molecular formula is C14H17N5O2S. The summed E-state index contributed by atoms with van der Waals surface area (Å²) < 4.78 is 0. The highest BCUT2D eigenvalue weighted by Gasteiger charge is 2.11. The Hall–Kier alpha value is -2.03. The first-order chi connectivity index (χ1) is 10.7. The van der Waals surface area contributed by atoms with Gasteiger partial charge < -0.3 is 15.4 Å². The predicted molar refractivity (Wildman–Crippen MR) is 90.0 cm³/mol. The van der Waals surface area contributed by atoms with Gasteiger partial charge in [-0.1, -0.05) is 0 Å². The predicted octanol–water partition coefficient (Wildman–Crippen LogP) is 0.898. The number of pyridine rings is 1. The van der Waals surface area contributed by atoms with Crippen LogP contribution in [0, 0.1) is 6.92 Å². The Labute approximate surface area is 131 Å². The highest BCUT2D eigenvalue weighted by molar-refractivity contribution is 8.02. The summed E-state index contributed by atoms with van der Waals surface area (Å²) >= 11 is 1.47. The Morgan fingerprint density at radius 3 is 3.18 bits per heavy atom. The number of nitrogens with one attached hydrogen (secondary N) is 2. The lowest BCUT2D eigenvalue weighted by Gasteiger charge is -2.06. The summed E-state index contributed by atoms with van der Waals surface area (Å²) in [6.07, 6.45) is 1.55. The molecule has 0 unspecified atom stereocenters. The molecule has 0 bridgehead atoms. The molecule has 2 heterocycles. The van der Waals surface area contributed by atoms with Crippen molar-refractivity contribution in [1.29, 1.82) is 0 Å². The van der Waals surface area contributed by atoms with Gasteiger partial charge in [0.05, 0.1) is 17.7 Å². The molecule has 0 spiro atoms. The largest absolute Gasteiger partial charge is 0.395 e. The molecule has 0 aliphatic rings. The number of aliphatic imine (C=N–C) groups is 1. The van der Waals surface area contributed by atoms with E-state index in [1.165, 1.54) is 11.8 Å². The normalized spacial score (nSPS) is 11.8. The second kappa shape index (κ2) is 7.83. The molecule has 0 aliphatic carbocycles. The third-order valence-corrected chi connectivity index (χ3v) is 3.59. The van der Waals surface area contributed by atoms with Crippen molar-refractivity contribution in [2.75, 3.05) is 19.0 Å². The van der Waals surface area contributed by atoms with Crippen LogP contribution in [0.2, 0.25) is 0 Å². The molecule has 2 rings (SSSR count). The summed E-state index contributed by atoms with van der Waals surface area (Å²) in [6.45, 7) is 5.90. The van der Waals surface area contributed by atoms with E-state index in [1.807, 2.05) is 0 Å². The molecule has 0 saturated carbocycles. The Kier molecular flexibility index (Phi) is 5.82. The number of aliphatic hydroxyl groups excluding tert-OH is 1. The molecule has 0 amide bonds. The summed E-state index contributed by atoms with van der Waals surface area (Å²) in [4.78, 5) is 27.3. The minimum absolute atomic E-state index is 0.0910. The molecule has 0 saturated heterocycles. The zero-order valence-corrected chi connectivity index (χ0v) is 13.0. The SMILES string of the molecule is C=N/C(=C\SCNCCO)c1nccc2c(=O)[nH]c(C)nc12. The van der Waals surface area contributed by atoms with E-state index < -0.39 is 0 Å². The number of aromatic nitrogens is 3. The number of nitrogens with zero attached hydrogens (tertiary/aromatic N) is 3. The highest BCUT2D eigenvalue weighted by Crippen LogP contribution is 2.22. The Morgan fingerprint density at radius 1 is 1.64 bits per heavy atom. The fraction of sp³-hybridized carbons (Fsp3) is 0.286. The first-order valence-electron chi connectivity index (χ1n) is 6.63. The molecule has 7 nitrogen and oxygen atoms in total. The van der Waals surface area contributed by atoms with Gasteiger partial charge in [-0.05, 0) is 19.7 Å². The van der Waals surface area contributed by atoms with E-state index in [-0.39, 0.29) is 12.2 Å². The lowest BCUT2D eigenvalue weighted by Crippen LogP contribution is -2.16. The minimum Gasteiger partial charge on any atom is -0.395 e. The number of hydrogen-bond donors (Lipinski definition) is 3. The van der Waals surface area contributed by atoms with Crippen LogP contribution in [0.15, 0.2) is 27.5 Å². The van der Waals surface area contributed by atoms with Crippen LogP contribution in [0.4, 0.5) is 0 Å². The van der Waals surface area contributed by atoms with Gasteiger partial charge in [-0.25, -0.2) is 4.98 Å². The Balaban J connectivity index is 2.37. The van der Waals surface area contributed by atoms with Gasteiger partial charge in [0.2, 0.25) is 0 Å². The van der Waals surface area contributed by atoms with E-state index in [4.69, 9.17) is 5.11 Å². The van der Waals surface area contributed by atoms with Crippen molar-refractivity contribution in [1.82, 2.24) is 20.3 Å². The summed E-state index contributed by atoms with van der Waals surface area (Å²) in [5.74, 6) is 1.14. The van der Waals surface area contributed by atoms with Crippen molar-refractivity contribution in [2.45, 2.75) is 6.92 Å². The maximum absolute atomic E-state index is 12.0. The van der Waals surface area contributed by atoms with Gasteiger partial charge in [0.25, 0.3) is 5.56 Å². The third-order valence-electron chi connectivity index (χ3n) is 2.82. The third kappa shape index (κ3) is 3.79. The van der Waals surface area contributed by atoms with Crippen molar-refractivity contribution in [3.8, 4) is 0 Å². The molecule has 0 fully saturated rings. The fourth-order valence-corrected chi connectivity index (χ4v) is 2.55. The zero-order valence-electron chi connectivity index (χ0n) is 12.2. The number of hydrogen-bond acceptors (Lipinski definition) is 7. The van der Waals surface area contributed by atoms with Gasteiger partial charge in [0.1, 0.15) is 17.0 Å². The van der Waals surface area contributed by atoms with Crippen molar-refractivity contribution in [3.63, 3.8) is 0 Å². The van der Waals surface area contributed by atoms with E-state index in [0.717, 1.165) is 0 Å². The average Bonchev–Trinajstić information content (AvgIpc) is 2.51. The van der Waals surface area contributed by atoms with Gasteiger partial charge in [-0.15, -0.1) is 11.8 Å². The van der Waals surface area contributed by atoms with Crippen molar-refractivity contribution < 1.29 is 5.11 Å². The topological polar surface area (TPSA) is 103 Å². The summed E-state index contributed by atoms with van der Waals surface area (Å²) in [5.41, 5.74) is 1.38. The smallest absolute Gasteiger partial charge is 0.258 e. The highest BCUT2D eigenvalue weighted by atomic mass is 32.2. The van der Waals surface area contributed by atoms with Gasteiger partial charge in [-0.2, -0.15) is 0 Å². The van der Waals surface area contributed by atoms with Crippen molar-refractivity contribution in [3.05, 3.63) is 39.5 Å². The van der Waals surface area contributed by atoms with Crippen LogP contribution in [0.25, 0.3) is 16.6 Å². The van der Waals surface area contributed by atoms with Crippen LogP contribution >= 0.6 is 11.8 Å². The number of H-pyrrole nitrogens is 1. The maximum atomic E-state index is 12.0. The van der Waals surface area contributed by atoms with E-state index >= 15 is 0 Å². The van der Waals surface area contributed by atoms with Gasteiger partial charge in [0.15, 0.2) is 0 Å².